The molecule has 1 saturated carbocycles. The van der Waals surface area contributed by atoms with Crippen molar-refractivity contribution in [1.82, 2.24) is 9.78 Å². The first-order chi connectivity index (χ1) is 8.53. The van der Waals surface area contributed by atoms with E-state index in [4.69, 9.17) is 0 Å². The second-order valence-electron chi connectivity index (χ2n) is 5.96. The van der Waals surface area contributed by atoms with Crippen molar-refractivity contribution in [2.24, 2.45) is 5.92 Å². The van der Waals surface area contributed by atoms with Gasteiger partial charge in [-0.1, -0.05) is 19.3 Å². The Hall–Kier alpha value is -0.830. The lowest BCUT2D eigenvalue weighted by molar-refractivity contribution is -0.0174. The number of hydrogen-bond acceptors (Lipinski definition) is 2. The molecule has 0 spiro atoms. The molecular weight excluding hydrogens is 224 g/mol. The summed E-state index contributed by atoms with van der Waals surface area (Å²) in [6.45, 7) is 7.01. The average Bonchev–Trinajstić information content (AvgIpc) is 2.70. The van der Waals surface area contributed by atoms with Crippen LogP contribution in [0.5, 0.6) is 0 Å². The first kappa shape index (κ1) is 13.6. The maximum atomic E-state index is 10.8. The number of nitrogens with zero attached hydrogens (tertiary/aromatic N) is 2. The van der Waals surface area contributed by atoms with Gasteiger partial charge in [-0.15, -0.1) is 0 Å². The van der Waals surface area contributed by atoms with Gasteiger partial charge in [0, 0.05) is 18.7 Å². The molecule has 1 aromatic rings. The molecule has 1 unspecified atom stereocenters. The Bertz CT molecular complexity index is 389. The van der Waals surface area contributed by atoms with E-state index in [-0.39, 0.29) is 0 Å². The number of rotatable bonds is 4. The van der Waals surface area contributed by atoms with Crippen LogP contribution in [0.25, 0.3) is 0 Å². The Morgan fingerprint density at radius 2 is 2.06 bits per heavy atom. The van der Waals surface area contributed by atoms with E-state index >= 15 is 0 Å². The van der Waals surface area contributed by atoms with Crippen LogP contribution in [0.1, 0.15) is 57.3 Å². The van der Waals surface area contributed by atoms with Gasteiger partial charge < -0.3 is 5.11 Å². The topological polar surface area (TPSA) is 38.0 Å². The van der Waals surface area contributed by atoms with Gasteiger partial charge in [0.15, 0.2) is 0 Å². The summed E-state index contributed by atoms with van der Waals surface area (Å²) in [7, 11) is 0. The zero-order valence-corrected chi connectivity index (χ0v) is 11.9. The largest absolute Gasteiger partial charge is 0.389 e. The van der Waals surface area contributed by atoms with Gasteiger partial charge in [0.2, 0.25) is 0 Å². The molecule has 0 aliphatic heterocycles. The number of aromatic nitrogens is 2. The third-order valence-corrected chi connectivity index (χ3v) is 4.31. The van der Waals surface area contributed by atoms with E-state index in [9.17, 15) is 5.11 Å². The summed E-state index contributed by atoms with van der Waals surface area (Å²) in [5, 5.41) is 15.2. The zero-order chi connectivity index (χ0) is 13.2. The molecular formula is C15H26N2O. The monoisotopic (exact) mass is 250 g/mol. The Kier molecular flexibility index (Phi) is 4.10. The quantitative estimate of drug-likeness (QED) is 0.891. The van der Waals surface area contributed by atoms with E-state index in [2.05, 4.69) is 18.1 Å². The number of aryl methyl sites for hydroxylation is 2. The summed E-state index contributed by atoms with van der Waals surface area (Å²) < 4.78 is 2.02. The molecule has 1 atom stereocenters. The van der Waals surface area contributed by atoms with Crippen LogP contribution >= 0.6 is 0 Å². The molecule has 1 N–H and O–H groups in total. The summed E-state index contributed by atoms with van der Waals surface area (Å²) in [6.07, 6.45) is 6.95. The lowest BCUT2D eigenvalue weighted by atomic mass is 9.76. The van der Waals surface area contributed by atoms with Crippen LogP contribution in [0.2, 0.25) is 0 Å². The van der Waals surface area contributed by atoms with E-state index in [0.717, 1.165) is 18.7 Å². The third-order valence-electron chi connectivity index (χ3n) is 4.31. The van der Waals surface area contributed by atoms with Gasteiger partial charge in [-0.25, -0.2) is 0 Å². The van der Waals surface area contributed by atoms with Gasteiger partial charge >= 0.3 is 0 Å². The van der Waals surface area contributed by atoms with Crippen molar-refractivity contribution in [3.05, 3.63) is 17.5 Å². The molecule has 1 aliphatic carbocycles. The summed E-state index contributed by atoms with van der Waals surface area (Å²) >= 11 is 0. The van der Waals surface area contributed by atoms with Crippen molar-refractivity contribution in [2.75, 3.05) is 0 Å². The van der Waals surface area contributed by atoms with Crippen LogP contribution in [0.15, 0.2) is 6.07 Å². The van der Waals surface area contributed by atoms with E-state index in [1.807, 2.05) is 18.5 Å². The zero-order valence-electron chi connectivity index (χ0n) is 11.9. The molecule has 0 saturated heterocycles. The first-order valence-corrected chi connectivity index (χ1v) is 7.28. The summed E-state index contributed by atoms with van der Waals surface area (Å²) in [4.78, 5) is 0. The molecule has 0 amide bonds. The van der Waals surface area contributed by atoms with Crippen LogP contribution in [-0.4, -0.2) is 20.5 Å². The number of hydrogen-bond donors (Lipinski definition) is 1. The normalized spacial score (nSPS) is 20.9. The third kappa shape index (κ3) is 2.94. The van der Waals surface area contributed by atoms with Crippen molar-refractivity contribution in [1.29, 1.82) is 0 Å². The van der Waals surface area contributed by atoms with E-state index in [1.165, 1.54) is 37.8 Å². The Morgan fingerprint density at radius 1 is 1.39 bits per heavy atom. The van der Waals surface area contributed by atoms with E-state index < -0.39 is 5.60 Å². The standard InChI is InChI=1S/C15H26N2O/c1-4-17-14(10-12(2)16-17)11-15(3,18)13-8-6-5-7-9-13/h10,13,18H,4-9,11H2,1-3H3. The fraction of sp³-hybridized carbons (Fsp3) is 0.800. The lowest BCUT2D eigenvalue weighted by Crippen LogP contribution is -2.38. The summed E-state index contributed by atoms with van der Waals surface area (Å²) in [5.74, 6) is 0.451. The second kappa shape index (κ2) is 5.43. The van der Waals surface area contributed by atoms with Gasteiger partial charge in [-0.05, 0) is 45.6 Å². The van der Waals surface area contributed by atoms with E-state index in [1.54, 1.807) is 0 Å². The maximum absolute atomic E-state index is 10.8. The molecule has 0 bridgehead atoms. The van der Waals surface area contributed by atoms with Crippen LogP contribution in [-0.2, 0) is 13.0 Å². The van der Waals surface area contributed by atoms with Crippen molar-refractivity contribution in [3.63, 3.8) is 0 Å². The second-order valence-corrected chi connectivity index (χ2v) is 5.96. The highest BCUT2D eigenvalue weighted by Gasteiger charge is 2.33. The highest BCUT2D eigenvalue weighted by Crippen LogP contribution is 2.34. The number of aliphatic hydroxyl groups is 1. The van der Waals surface area contributed by atoms with Crippen LogP contribution < -0.4 is 0 Å². The molecule has 1 fully saturated rings. The lowest BCUT2D eigenvalue weighted by Gasteiger charge is -2.35. The molecule has 18 heavy (non-hydrogen) atoms. The van der Waals surface area contributed by atoms with Gasteiger partial charge in [0.25, 0.3) is 0 Å². The molecule has 1 aromatic heterocycles. The van der Waals surface area contributed by atoms with Crippen molar-refractivity contribution >= 4 is 0 Å². The minimum Gasteiger partial charge on any atom is -0.389 e. The molecule has 1 aliphatic rings. The fourth-order valence-electron chi connectivity index (χ4n) is 3.25. The Balaban J connectivity index is 2.10. The Labute approximate surface area is 110 Å². The van der Waals surface area contributed by atoms with Gasteiger partial charge in [0.05, 0.1) is 11.3 Å². The molecule has 1 heterocycles. The van der Waals surface area contributed by atoms with Crippen LogP contribution in [0, 0.1) is 12.8 Å². The SMILES string of the molecule is CCn1nc(C)cc1CC(C)(O)C1CCCCC1. The average molecular weight is 250 g/mol. The van der Waals surface area contributed by atoms with E-state index in [0.29, 0.717) is 5.92 Å². The first-order valence-electron chi connectivity index (χ1n) is 7.28. The molecule has 102 valence electrons. The minimum atomic E-state index is -0.584. The van der Waals surface area contributed by atoms with Crippen LogP contribution in [0.3, 0.4) is 0 Å². The molecule has 3 nitrogen and oxygen atoms in total. The van der Waals surface area contributed by atoms with Crippen LogP contribution in [0.4, 0.5) is 0 Å². The predicted molar refractivity (Wildman–Crippen MR) is 73.5 cm³/mol. The van der Waals surface area contributed by atoms with Crippen molar-refractivity contribution < 1.29 is 5.11 Å². The van der Waals surface area contributed by atoms with Gasteiger partial charge in [0.1, 0.15) is 0 Å². The summed E-state index contributed by atoms with van der Waals surface area (Å²) in [5.41, 5.74) is 1.64. The molecule has 2 rings (SSSR count). The Morgan fingerprint density at radius 3 is 2.67 bits per heavy atom. The van der Waals surface area contributed by atoms with Gasteiger partial charge in [-0.3, -0.25) is 4.68 Å². The highest BCUT2D eigenvalue weighted by molar-refractivity contribution is 5.12. The van der Waals surface area contributed by atoms with Gasteiger partial charge in [-0.2, -0.15) is 5.10 Å². The van der Waals surface area contributed by atoms with Crippen molar-refractivity contribution in [3.8, 4) is 0 Å². The fourth-order valence-corrected chi connectivity index (χ4v) is 3.25. The maximum Gasteiger partial charge on any atom is 0.0702 e. The molecule has 0 radical (unpaired) electrons. The van der Waals surface area contributed by atoms with Crippen molar-refractivity contribution in [2.45, 2.75) is 71.4 Å². The summed E-state index contributed by atoms with van der Waals surface area (Å²) in [6, 6.07) is 2.11. The minimum absolute atomic E-state index is 0.451. The molecule has 3 heteroatoms. The predicted octanol–water partition coefficient (Wildman–Crippen LogP) is 3.09. The smallest absolute Gasteiger partial charge is 0.0702 e. The highest BCUT2D eigenvalue weighted by atomic mass is 16.3. The molecule has 0 aromatic carbocycles.